The quantitative estimate of drug-likeness (QED) is 0.882. The molecule has 0 bridgehead atoms. The zero-order valence-electron chi connectivity index (χ0n) is 8.94. The van der Waals surface area contributed by atoms with Crippen molar-refractivity contribution < 1.29 is 9.13 Å². The molecule has 90 valence electrons. The lowest BCUT2D eigenvalue weighted by atomic mass is 10.3. The molecule has 0 spiro atoms. The number of nitrogen functional groups attached to an aromatic ring is 1. The Balaban J connectivity index is 1.97. The first-order valence-corrected chi connectivity index (χ1v) is 5.81. The molecule has 0 aliphatic carbocycles. The molecular formula is C11H11BrFN3O. The van der Waals surface area contributed by atoms with Crippen LogP contribution in [0.5, 0.6) is 5.75 Å². The van der Waals surface area contributed by atoms with Crippen LogP contribution in [-0.4, -0.2) is 16.4 Å². The van der Waals surface area contributed by atoms with Gasteiger partial charge in [-0.05, 0) is 28.1 Å². The number of ether oxygens (including phenoxy) is 1. The number of halogens is 2. The Bertz CT molecular complexity index is 502. The van der Waals surface area contributed by atoms with Gasteiger partial charge in [0, 0.05) is 18.5 Å². The summed E-state index contributed by atoms with van der Waals surface area (Å²) in [6.07, 6.45) is 3.52. The summed E-state index contributed by atoms with van der Waals surface area (Å²) in [7, 11) is 0. The van der Waals surface area contributed by atoms with Gasteiger partial charge in [0.1, 0.15) is 18.2 Å². The average molecular weight is 300 g/mol. The lowest BCUT2D eigenvalue weighted by Gasteiger charge is -2.09. The number of hydrogen-bond donors (Lipinski definition) is 1. The van der Waals surface area contributed by atoms with E-state index >= 15 is 0 Å². The van der Waals surface area contributed by atoms with Gasteiger partial charge in [0.05, 0.1) is 16.7 Å². The van der Waals surface area contributed by atoms with Gasteiger partial charge in [0.15, 0.2) is 0 Å². The molecule has 0 unspecified atom stereocenters. The largest absolute Gasteiger partial charge is 0.489 e. The molecule has 0 fully saturated rings. The molecule has 2 aromatic rings. The SMILES string of the molecule is Nc1cc(Br)c(F)cc1OCCn1cccn1. The summed E-state index contributed by atoms with van der Waals surface area (Å²) in [5, 5.41) is 4.03. The fraction of sp³-hybridized carbons (Fsp3) is 0.182. The molecule has 0 radical (unpaired) electrons. The average Bonchev–Trinajstić information content (AvgIpc) is 2.78. The number of nitrogens with two attached hydrogens (primary N) is 1. The van der Waals surface area contributed by atoms with Crippen LogP contribution < -0.4 is 10.5 Å². The third kappa shape index (κ3) is 2.97. The molecule has 0 amide bonds. The van der Waals surface area contributed by atoms with E-state index in [4.69, 9.17) is 10.5 Å². The molecule has 6 heteroatoms. The van der Waals surface area contributed by atoms with Crippen molar-refractivity contribution in [2.45, 2.75) is 6.54 Å². The Labute approximate surface area is 106 Å². The molecule has 0 aliphatic heterocycles. The van der Waals surface area contributed by atoms with Crippen molar-refractivity contribution in [3.8, 4) is 5.75 Å². The van der Waals surface area contributed by atoms with E-state index in [0.29, 0.717) is 29.1 Å². The van der Waals surface area contributed by atoms with Crippen LogP contribution in [0.3, 0.4) is 0 Å². The number of rotatable bonds is 4. The molecule has 1 aromatic carbocycles. The highest BCUT2D eigenvalue weighted by Gasteiger charge is 2.06. The van der Waals surface area contributed by atoms with Gasteiger partial charge in [-0.2, -0.15) is 5.10 Å². The van der Waals surface area contributed by atoms with Gasteiger partial charge in [-0.15, -0.1) is 0 Å². The van der Waals surface area contributed by atoms with Crippen LogP contribution in [0.15, 0.2) is 35.1 Å². The van der Waals surface area contributed by atoms with Crippen LogP contribution in [0.2, 0.25) is 0 Å². The lowest BCUT2D eigenvalue weighted by Crippen LogP contribution is -2.09. The van der Waals surface area contributed by atoms with Crippen LogP contribution in [0, 0.1) is 5.82 Å². The second-order valence-electron chi connectivity index (χ2n) is 3.42. The summed E-state index contributed by atoms with van der Waals surface area (Å²) >= 11 is 3.06. The lowest BCUT2D eigenvalue weighted by molar-refractivity contribution is 0.291. The predicted molar refractivity (Wildman–Crippen MR) is 66.2 cm³/mol. The highest BCUT2D eigenvalue weighted by molar-refractivity contribution is 9.10. The minimum atomic E-state index is -0.395. The van der Waals surface area contributed by atoms with Crippen molar-refractivity contribution in [2.75, 3.05) is 12.3 Å². The minimum Gasteiger partial charge on any atom is -0.489 e. The van der Waals surface area contributed by atoms with Gasteiger partial charge in [0.2, 0.25) is 0 Å². The standard InChI is InChI=1S/C11H11BrFN3O/c12-8-6-10(14)11(7-9(8)13)17-5-4-16-3-1-2-15-16/h1-3,6-7H,4-5,14H2. The maximum atomic E-state index is 13.3. The van der Waals surface area contributed by atoms with Crippen LogP contribution >= 0.6 is 15.9 Å². The van der Waals surface area contributed by atoms with Crippen molar-refractivity contribution in [3.63, 3.8) is 0 Å². The number of nitrogens with zero attached hydrogens (tertiary/aromatic N) is 2. The third-order valence-corrected chi connectivity index (χ3v) is 2.80. The molecule has 1 aromatic heterocycles. The molecule has 4 nitrogen and oxygen atoms in total. The summed E-state index contributed by atoms with van der Waals surface area (Å²) in [5.74, 6) is -0.0499. The Morgan fingerprint density at radius 1 is 1.47 bits per heavy atom. The van der Waals surface area contributed by atoms with E-state index in [0.717, 1.165) is 0 Å². The number of hydrogen-bond acceptors (Lipinski definition) is 3. The second-order valence-corrected chi connectivity index (χ2v) is 4.28. The van der Waals surface area contributed by atoms with E-state index in [1.807, 2.05) is 12.3 Å². The Hall–Kier alpha value is -1.56. The molecule has 0 atom stereocenters. The number of aromatic nitrogens is 2. The van der Waals surface area contributed by atoms with Crippen LogP contribution in [0.25, 0.3) is 0 Å². The fourth-order valence-corrected chi connectivity index (χ4v) is 1.71. The van der Waals surface area contributed by atoms with Crippen LogP contribution in [-0.2, 0) is 6.54 Å². The molecule has 2 N–H and O–H groups in total. The minimum absolute atomic E-state index is 0.328. The van der Waals surface area contributed by atoms with Gasteiger partial charge < -0.3 is 10.5 Å². The maximum absolute atomic E-state index is 13.3. The second kappa shape index (κ2) is 5.18. The molecule has 0 saturated heterocycles. The summed E-state index contributed by atoms with van der Waals surface area (Å²) in [6, 6.07) is 4.58. The monoisotopic (exact) mass is 299 g/mol. The molecule has 0 saturated carbocycles. The Kier molecular flexibility index (Phi) is 3.63. The van der Waals surface area contributed by atoms with E-state index in [1.54, 1.807) is 10.9 Å². The fourth-order valence-electron chi connectivity index (χ4n) is 1.35. The molecule has 17 heavy (non-hydrogen) atoms. The zero-order valence-corrected chi connectivity index (χ0v) is 10.5. The number of anilines is 1. The first kappa shape index (κ1) is 11.9. The summed E-state index contributed by atoms with van der Waals surface area (Å²) in [4.78, 5) is 0. The van der Waals surface area contributed by atoms with Crippen molar-refractivity contribution >= 4 is 21.6 Å². The van der Waals surface area contributed by atoms with Crippen LogP contribution in [0.4, 0.5) is 10.1 Å². The molecular weight excluding hydrogens is 289 g/mol. The summed E-state index contributed by atoms with van der Waals surface area (Å²) in [5.41, 5.74) is 6.11. The van der Waals surface area contributed by atoms with Crippen molar-refractivity contribution in [1.29, 1.82) is 0 Å². The van der Waals surface area contributed by atoms with E-state index in [2.05, 4.69) is 21.0 Å². The van der Waals surface area contributed by atoms with Crippen molar-refractivity contribution in [1.82, 2.24) is 9.78 Å². The first-order valence-electron chi connectivity index (χ1n) is 5.01. The highest BCUT2D eigenvalue weighted by Crippen LogP contribution is 2.28. The topological polar surface area (TPSA) is 53.1 Å². The van der Waals surface area contributed by atoms with E-state index < -0.39 is 5.82 Å². The van der Waals surface area contributed by atoms with Gasteiger partial charge in [-0.25, -0.2) is 4.39 Å². The first-order chi connectivity index (χ1) is 8.16. The van der Waals surface area contributed by atoms with Crippen LogP contribution in [0.1, 0.15) is 0 Å². The third-order valence-electron chi connectivity index (χ3n) is 2.19. The highest BCUT2D eigenvalue weighted by atomic mass is 79.9. The Morgan fingerprint density at radius 2 is 2.29 bits per heavy atom. The normalized spacial score (nSPS) is 10.5. The van der Waals surface area contributed by atoms with Gasteiger partial charge in [-0.1, -0.05) is 0 Å². The van der Waals surface area contributed by atoms with Gasteiger partial charge in [0.25, 0.3) is 0 Å². The Morgan fingerprint density at radius 3 is 3.00 bits per heavy atom. The van der Waals surface area contributed by atoms with Gasteiger partial charge >= 0.3 is 0 Å². The summed E-state index contributed by atoms with van der Waals surface area (Å²) < 4.78 is 20.7. The predicted octanol–water partition coefficient (Wildman–Crippen LogP) is 2.45. The number of benzene rings is 1. The van der Waals surface area contributed by atoms with E-state index in [-0.39, 0.29) is 0 Å². The zero-order chi connectivity index (χ0) is 12.3. The summed E-state index contributed by atoms with van der Waals surface area (Å²) in [6.45, 7) is 0.969. The molecule has 0 aliphatic rings. The smallest absolute Gasteiger partial charge is 0.145 e. The molecule has 2 rings (SSSR count). The van der Waals surface area contributed by atoms with Crippen molar-refractivity contribution in [3.05, 3.63) is 40.9 Å². The molecule has 1 heterocycles. The van der Waals surface area contributed by atoms with Gasteiger partial charge in [-0.3, -0.25) is 4.68 Å². The maximum Gasteiger partial charge on any atom is 0.145 e. The van der Waals surface area contributed by atoms with Crippen molar-refractivity contribution in [2.24, 2.45) is 0 Å². The van der Waals surface area contributed by atoms with E-state index in [1.165, 1.54) is 12.1 Å². The van der Waals surface area contributed by atoms with E-state index in [9.17, 15) is 4.39 Å².